The maximum absolute atomic E-state index is 12.9. The van der Waals surface area contributed by atoms with Gasteiger partial charge < -0.3 is 9.80 Å². The van der Waals surface area contributed by atoms with E-state index in [0.717, 1.165) is 26.1 Å². The molecule has 1 amide bonds. The Morgan fingerprint density at radius 3 is 2.42 bits per heavy atom. The number of carbonyl (C=O) groups excluding carboxylic acids is 1. The highest BCUT2D eigenvalue weighted by molar-refractivity contribution is 8.00. The Kier molecular flexibility index (Phi) is 6.66. The molecule has 1 saturated heterocycles. The zero-order valence-corrected chi connectivity index (χ0v) is 19.5. The van der Waals surface area contributed by atoms with Crippen molar-refractivity contribution in [2.45, 2.75) is 35.1 Å². The minimum Gasteiger partial charge on any atom is -0.337 e. The van der Waals surface area contributed by atoms with Crippen LogP contribution < -0.4 is 0 Å². The normalized spacial score (nSPS) is 19.1. The van der Waals surface area contributed by atoms with Crippen LogP contribution in [-0.2, 0) is 27.8 Å². The van der Waals surface area contributed by atoms with E-state index in [1.807, 2.05) is 31.0 Å². The molecule has 0 saturated carbocycles. The third-order valence-electron chi connectivity index (χ3n) is 5.90. The zero-order valence-electron chi connectivity index (χ0n) is 17.9. The van der Waals surface area contributed by atoms with Gasteiger partial charge in [0.1, 0.15) is 4.90 Å². The van der Waals surface area contributed by atoms with Crippen LogP contribution in [-0.4, -0.2) is 78.4 Å². The fraction of sp³-hybridized carbons (Fsp3) is 0.455. The molecule has 1 fully saturated rings. The summed E-state index contributed by atoms with van der Waals surface area (Å²) in [6, 6.07) is 11.5. The summed E-state index contributed by atoms with van der Waals surface area (Å²) in [6.07, 6.45) is 2.28. The Labute approximate surface area is 188 Å². The molecule has 7 nitrogen and oxygen atoms in total. The maximum atomic E-state index is 12.9. The minimum atomic E-state index is -3.53. The fourth-order valence-electron chi connectivity index (χ4n) is 3.94. The Hall–Kier alpha value is -1.94. The number of hydrogen-bond donors (Lipinski definition) is 0. The largest absolute Gasteiger partial charge is 0.337 e. The lowest BCUT2D eigenvalue weighted by Crippen LogP contribution is -2.47. The molecule has 2 aromatic rings. The highest BCUT2D eigenvalue weighted by Gasteiger charge is 2.28. The Bertz CT molecular complexity index is 1030. The Balaban J connectivity index is 1.38. The van der Waals surface area contributed by atoms with Gasteiger partial charge in [0.15, 0.2) is 0 Å². The average Bonchev–Trinajstić information content (AvgIpc) is 2.79. The van der Waals surface area contributed by atoms with E-state index in [-0.39, 0.29) is 16.1 Å². The Morgan fingerprint density at radius 1 is 1.03 bits per heavy atom. The van der Waals surface area contributed by atoms with Crippen LogP contribution >= 0.6 is 11.8 Å². The number of fused-ring (bicyclic) bond motifs is 1. The van der Waals surface area contributed by atoms with E-state index >= 15 is 0 Å². The third kappa shape index (κ3) is 4.95. The third-order valence-corrected chi connectivity index (χ3v) is 8.82. The van der Waals surface area contributed by atoms with Gasteiger partial charge in [0, 0.05) is 45.5 Å². The van der Waals surface area contributed by atoms with Crippen molar-refractivity contribution in [2.24, 2.45) is 0 Å². The number of piperazine rings is 1. The first kappa shape index (κ1) is 22.3. The summed E-state index contributed by atoms with van der Waals surface area (Å²) < 4.78 is 27.2. The first-order chi connectivity index (χ1) is 14.8. The molecule has 2 aliphatic rings. The number of amides is 1. The van der Waals surface area contributed by atoms with Crippen LogP contribution in [0.5, 0.6) is 0 Å². The number of likely N-dealkylation sites (N-methyl/N-ethyl adjacent to an activating group) is 1. The quantitative estimate of drug-likeness (QED) is 0.636. The van der Waals surface area contributed by atoms with Gasteiger partial charge in [0.05, 0.1) is 10.3 Å². The maximum Gasteiger partial charge on any atom is 0.244 e. The first-order valence-electron chi connectivity index (χ1n) is 10.5. The topological polar surface area (TPSA) is 73.8 Å². The highest BCUT2D eigenvalue weighted by atomic mass is 32.2. The van der Waals surface area contributed by atoms with Crippen molar-refractivity contribution in [1.29, 1.82) is 0 Å². The standard InChI is InChI=1S/C22H28N4O3S2/c1-17(22(27)25-10-9-18-5-3-4-6-19(18)16-25)30-21-8-7-20(15-23-21)31(28,29)26-13-11-24(2)12-14-26/h3-8,15,17H,9-14,16H2,1-2H3/t17-/m1/s1. The highest BCUT2D eigenvalue weighted by Crippen LogP contribution is 2.27. The lowest BCUT2D eigenvalue weighted by Gasteiger charge is -2.31. The number of benzene rings is 1. The molecule has 31 heavy (non-hydrogen) atoms. The molecular formula is C22H28N4O3S2. The average molecular weight is 461 g/mol. The van der Waals surface area contributed by atoms with Crippen molar-refractivity contribution in [3.8, 4) is 0 Å². The van der Waals surface area contributed by atoms with E-state index in [1.165, 1.54) is 33.4 Å². The molecule has 0 aliphatic carbocycles. The van der Waals surface area contributed by atoms with Gasteiger partial charge in [-0.1, -0.05) is 36.0 Å². The van der Waals surface area contributed by atoms with Crippen molar-refractivity contribution >= 4 is 27.7 Å². The number of carbonyl (C=O) groups is 1. The Morgan fingerprint density at radius 2 is 1.74 bits per heavy atom. The second-order valence-corrected chi connectivity index (χ2v) is 11.4. The number of nitrogens with zero attached hydrogens (tertiary/aromatic N) is 4. The van der Waals surface area contributed by atoms with Gasteiger partial charge in [0.25, 0.3) is 0 Å². The van der Waals surface area contributed by atoms with Crippen LogP contribution in [0.1, 0.15) is 18.1 Å². The molecule has 1 aromatic carbocycles. The molecule has 0 N–H and O–H groups in total. The minimum absolute atomic E-state index is 0.0791. The van der Waals surface area contributed by atoms with Crippen LogP contribution in [0.25, 0.3) is 0 Å². The second-order valence-electron chi connectivity index (χ2n) is 8.08. The summed E-state index contributed by atoms with van der Waals surface area (Å²) in [6.45, 7) is 5.65. The van der Waals surface area contributed by atoms with Crippen LogP contribution in [0.4, 0.5) is 0 Å². The molecule has 0 radical (unpaired) electrons. The molecular weight excluding hydrogens is 432 g/mol. The lowest BCUT2D eigenvalue weighted by atomic mass is 10.00. The molecule has 0 unspecified atom stereocenters. The van der Waals surface area contributed by atoms with Crippen molar-refractivity contribution < 1.29 is 13.2 Å². The summed E-state index contributed by atoms with van der Waals surface area (Å²) >= 11 is 1.36. The van der Waals surface area contributed by atoms with Crippen LogP contribution in [0.3, 0.4) is 0 Å². The van der Waals surface area contributed by atoms with Crippen molar-refractivity contribution in [1.82, 2.24) is 19.1 Å². The van der Waals surface area contributed by atoms with E-state index in [4.69, 9.17) is 0 Å². The molecule has 1 atom stereocenters. The lowest BCUT2D eigenvalue weighted by molar-refractivity contribution is -0.131. The van der Waals surface area contributed by atoms with Gasteiger partial charge in [-0.2, -0.15) is 4.31 Å². The monoisotopic (exact) mass is 460 g/mol. The van der Waals surface area contributed by atoms with E-state index in [0.29, 0.717) is 24.7 Å². The molecule has 166 valence electrons. The van der Waals surface area contributed by atoms with Crippen molar-refractivity contribution in [3.63, 3.8) is 0 Å². The summed E-state index contributed by atoms with van der Waals surface area (Å²) in [5.74, 6) is 0.0791. The number of sulfonamides is 1. The fourth-order valence-corrected chi connectivity index (χ4v) is 6.18. The zero-order chi connectivity index (χ0) is 22.0. The van der Waals surface area contributed by atoms with Crippen LogP contribution in [0.15, 0.2) is 52.5 Å². The molecule has 2 aliphatic heterocycles. The number of hydrogen-bond acceptors (Lipinski definition) is 6. The van der Waals surface area contributed by atoms with Crippen LogP contribution in [0.2, 0.25) is 0 Å². The molecule has 4 rings (SSSR count). The number of thioether (sulfide) groups is 1. The van der Waals surface area contributed by atoms with Gasteiger partial charge in [-0.15, -0.1) is 0 Å². The number of pyridine rings is 1. The second kappa shape index (κ2) is 9.28. The summed E-state index contributed by atoms with van der Waals surface area (Å²) in [7, 11) is -1.54. The summed E-state index contributed by atoms with van der Waals surface area (Å²) in [4.78, 5) is 21.5. The SMILES string of the molecule is C[C@@H](Sc1ccc(S(=O)(=O)N2CCN(C)CC2)cn1)C(=O)N1CCc2ccccc2C1. The van der Waals surface area contributed by atoms with Gasteiger partial charge in [0.2, 0.25) is 15.9 Å². The van der Waals surface area contributed by atoms with Gasteiger partial charge in [-0.05, 0) is 43.7 Å². The predicted molar refractivity (Wildman–Crippen MR) is 121 cm³/mol. The molecule has 0 bridgehead atoms. The first-order valence-corrected chi connectivity index (χ1v) is 12.8. The summed E-state index contributed by atoms with van der Waals surface area (Å²) in [5, 5.41) is 0.355. The van der Waals surface area contributed by atoms with E-state index in [9.17, 15) is 13.2 Å². The summed E-state index contributed by atoms with van der Waals surface area (Å²) in [5.41, 5.74) is 2.52. The molecule has 9 heteroatoms. The molecule has 0 spiro atoms. The van der Waals surface area contributed by atoms with Crippen molar-refractivity contribution in [3.05, 3.63) is 53.7 Å². The molecule has 1 aromatic heterocycles. The van der Waals surface area contributed by atoms with Gasteiger partial charge >= 0.3 is 0 Å². The van der Waals surface area contributed by atoms with E-state index in [1.54, 1.807) is 12.1 Å². The van der Waals surface area contributed by atoms with Crippen LogP contribution in [0, 0.1) is 0 Å². The van der Waals surface area contributed by atoms with Gasteiger partial charge in [-0.3, -0.25) is 4.79 Å². The van der Waals surface area contributed by atoms with Gasteiger partial charge in [-0.25, -0.2) is 13.4 Å². The predicted octanol–water partition coefficient (Wildman–Crippen LogP) is 2.08. The van der Waals surface area contributed by atoms with E-state index < -0.39 is 10.0 Å². The number of rotatable bonds is 5. The van der Waals surface area contributed by atoms with Crippen molar-refractivity contribution in [2.75, 3.05) is 39.8 Å². The smallest absolute Gasteiger partial charge is 0.244 e. The number of aromatic nitrogens is 1. The molecule has 3 heterocycles. The van der Waals surface area contributed by atoms with E-state index in [2.05, 4.69) is 22.0 Å².